The smallest absolute Gasteiger partial charge is 0.0120 e. The Morgan fingerprint density at radius 1 is 1.28 bits per heavy atom. The molecule has 2 fully saturated rings. The first kappa shape index (κ1) is 14.3. The Labute approximate surface area is 114 Å². The van der Waals surface area contributed by atoms with Crippen molar-refractivity contribution in [2.45, 2.75) is 64.8 Å². The predicted molar refractivity (Wildman–Crippen MR) is 78.9 cm³/mol. The van der Waals surface area contributed by atoms with Crippen molar-refractivity contribution in [2.24, 2.45) is 11.8 Å². The minimum Gasteiger partial charge on any atom is -0.314 e. The molecule has 0 amide bonds. The second-order valence-electron chi connectivity index (χ2n) is 6.43. The zero-order valence-corrected chi connectivity index (χ0v) is 12.5. The average Bonchev–Trinajstić information content (AvgIpc) is 2.43. The first-order chi connectivity index (χ1) is 8.83. The zero-order valence-electron chi connectivity index (χ0n) is 12.5. The molecule has 2 nitrogen and oxygen atoms in total. The van der Waals surface area contributed by atoms with E-state index in [1.165, 1.54) is 71.1 Å². The quantitative estimate of drug-likeness (QED) is 0.780. The lowest BCUT2D eigenvalue weighted by Crippen LogP contribution is -2.52. The molecule has 3 unspecified atom stereocenters. The summed E-state index contributed by atoms with van der Waals surface area (Å²) in [5.74, 6) is 1.88. The number of nitrogens with zero attached hydrogens (tertiary/aromatic N) is 1. The number of likely N-dealkylation sites (tertiary alicyclic amines) is 1. The van der Waals surface area contributed by atoms with E-state index in [0.717, 1.165) is 17.9 Å². The number of unbranched alkanes of at least 4 members (excludes halogenated alkanes) is 1. The number of fused-ring (bicyclic) bond motifs is 1. The van der Waals surface area contributed by atoms with E-state index in [-0.39, 0.29) is 0 Å². The molecule has 2 saturated heterocycles. The van der Waals surface area contributed by atoms with Crippen LogP contribution < -0.4 is 5.32 Å². The van der Waals surface area contributed by atoms with Gasteiger partial charge in [0.1, 0.15) is 0 Å². The van der Waals surface area contributed by atoms with Crippen molar-refractivity contribution in [2.75, 3.05) is 26.2 Å². The number of hydrogen-bond donors (Lipinski definition) is 1. The topological polar surface area (TPSA) is 15.3 Å². The van der Waals surface area contributed by atoms with Gasteiger partial charge in [0, 0.05) is 19.1 Å². The molecule has 3 atom stereocenters. The first-order valence-corrected chi connectivity index (χ1v) is 8.29. The summed E-state index contributed by atoms with van der Waals surface area (Å²) in [5, 5.41) is 3.72. The van der Waals surface area contributed by atoms with Crippen LogP contribution in [0, 0.1) is 11.8 Å². The summed E-state index contributed by atoms with van der Waals surface area (Å²) in [4.78, 5) is 2.76. The van der Waals surface area contributed by atoms with E-state index < -0.39 is 0 Å². The second-order valence-corrected chi connectivity index (χ2v) is 6.43. The third kappa shape index (κ3) is 3.96. The Morgan fingerprint density at radius 3 is 2.94 bits per heavy atom. The van der Waals surface area contributed by atoms with Crippen LogP contribution in [-0.2, 0) is 0 Å². The fraction of sp³-hybridized carbons (Fsp3) is 1.00. The van der Waals surface area contributed by atoms with Gasteiger partial charge in [-0.05, 0) is 50.6 Å². The largest absolute Gasteiger partial charge is 0.314 e. The van der Waals surface area contributed by atoms with Gasteiger partial charge in [-0.2, -0.15) is 0 Å². The summed E-state index contributed by atoms with van der Waals surface area (Å²) < 4.78 is 0. The van der Waals surface area contributed by atoms with Crippen LogP contribution in [0.2, 0.25) is 0 Å². The SMILES string of the molecule is CCCCC(CC)CN1CCC2NCCCC2C1. The van der Waals surface area contributed by atoms with Crippen molar-refractivity contribution in [1.82, 2.24) is 10.2 Å². The van der Waals surface area contributed by atoms with Gasteiger partial charge in [-0.15, -0.1) is 0 Å². The molecule has 1 N–H and O–H groups in total. The van der Waals surface area contributed by atoms with Gasteiger partial charge in [-0.1, -0.05) is 33.1 Å². The highest BCUT2D eigenvalue weighted by atomic mass is 15.2. The van der Waals surface area contributed by atoms with Gasteiger partial charge in [0.2, 0.25) is 0 Å². The van der Waals surface area contributed by atoms with Crippen molar-refractivity contribution in [3.63, 3.8) is 0 Å². The van der Waals surface area contributed by atoms with Gasteiger partial charge in [0.05, 0.1) is 0 Å². The molecule has 0 spiro atoms. The maximum Gasteiger partial charge on any atom is 0.0120 e. The Balaban J connectivity index is 1.75. The number of hydrogen-bond acceptors (Lipinski definition) is 2. The molecule has 0 aromatic rings. The molecule has 0 saturated carbocycles. The number of rotatable bonds is 6. The minimum absolute atomic E-state index is 0.839. The van der Waals surface area contributed by atoms with Crippen LogP contribution in [0.15, 0.2) is 0 Å². The van der Waals surface area contributed by atoms with E-state index in [4.69, 9.17) is 0 Å². The van der Waals surface area contributed by atoms with Crippen LogP contribution in [0.4, 0.5) is 0 Å². The maximum absolute atomic E-state index is 3.72. The van der Waals surface area contributed by atoms with Gasteiger partial charge >= 0.3 is 0 Å². The maximum atomic E-state index is 3.72. The Bertz CT molecular complexity index is 229. The molecule has 0 bridgehead atoms. The van der Waals surface area contributed by atoms with Crippen LogP contribution >= 0.6 is 0 Å². The van der Waals surface area contributed by atoms with E-state index in [9.17, 15) is 0 Å². The van der Waals surface area contributed by atoms with Gasteiger partial charge in [-0.25, -0.2) is 0 Å². The monoisotopic (exact) mass is 252 g/mol. The molecule has 106 valence electrons. The summed E-state index contributed by atoms with van der Waals surface area (Å²) in [7, 11) is 0. The molecule has 2 aliphatic heterocycles. The highest BCUT2D eigenvalue weighted by Gasteiger charge is 2.31. The Kier molecular flexibility index (Phi) is 5.97. The van der Waals surface area contributed by atoms with Crippen molar-refractivity contribution >= 4 is 0 Å². The van der Waals surface area contributed by atoms with Crippen molar-refractivity contribution in [1.29, 1.82) is 0 Å². The third-order valence-corrected chi connectivity index (χ3v) is 5.04. The zero-order chi connectivity index (χ0) is 12.8. The van der Waals surface area contributed by atoms with Gasteiger partial charge in [0.25, 0.3) is 0 Å². The molecular weight excluding hydrogens is 220 g/mol. The van der Waals surface area contributed by atoms with Crippen LogP contribution in [0.25, 0.3) is 0 Å². The fourth-order valence-electron chi connectivity index (χ4n) is 3.77. The van der Waals surface area contributed by atoms with E-state index in [2.05, 4.69) is 24.1 Å². The van der Waals surface area contributed by atoms with Gasteiger partial charge in [-0.3, -0.25) is 0 Å². The summed E-state index contributed by atoms with van der Waals surface area (Å²) in [6.07, 6.45) is 9.81. The van der Waals surface area contributed by atoms with Crippen molar-refractivity contribution in [3.05, 3.63) is 0 Å². The molecule has 2 heteroatoms. The standard InChI is InChI=1S/C16H32N2/c1-3-5-7-14(4-2)12-18-11-9-16-15(13-18)8-6-10-17-16/h14-17H,3-13H2,1-2H3. The normalized spacial score (nSPS) is 31.0. The molecule has 0 aromatic heterocycles. The number of piperidine rings is 2. The molecule has 0 radical (unpaired) electrons. The first-order valence-electron chi connectivity index (χ1n) is 8.29. The van der Waals surface area contributed by atoms with Crippen LogP contribution in [0.5, 0.6) is 0 Å². The molecule has 18 heavy (non-hydrogen) atoms. The summed E-state index contributed by atoms with van der Waals surface area (Å²) in [6, 6.07) is 0.839. The lowest BCUT2D eigenvalue weighted by Gasteiger charge is -2.42. The lowest BCUT2D eigenvalue weighted by molar-refractivity contribution is 0.0976. The molecule has 2 rings (SSSR count). The van der Waals surface area contributed by atoms with Crippen molar-refractivity contribution in [3.8, 4) is 0 Å². The van der Waals surface area contributed by atoms with Crippen LogP contribution in [0.1, 0.15) is 58.8 Å². The van der Waals surface area contributed by atoms with E-state index in [0.29, 0.717) is 0 Å². The highest BCUT2D eigenvalue weighted by molar-refractivity contribution is 4.88. The lowest BCUT2D eigenvalue weighted by atomic mass is 9.85. The summed E-state index contributed by atoms with van der Waals surface area (Å²) in [6.45, 7) is 9.99. The van der Waals surface area contributed by atoms with Gasteiger partial charge < -0.3 is 10.2 Å². The molecule has 0 aliphatic carbocycles. The van der Waals surface area contributed by atoms with E-state index >= 15 is 0 Å². The summed E-state index contributed by atoms with van der Waals surface area (Å²) in [5.41, 5.74) is 0. The molecule has 0 aromatic carbocycles. The Hall–Kier alpha value is -0.0800. The second kappa shape index (κ2) is 7.49. The summed E-state index contributed by atoms with van der Waals surface area (Å²) >= 11 is 0. The predicted octanol–water partition coefficient (Wildman–Crippen LogP) is 3.28. The molecule has 2 aliphatic rings. The highest BCUT2D eigenvalue weighted by Crippen LogP contribution is 2.26. The third-order valence-electron chi connectivity index (χ3n) is 5.04. The van der Waals surface area contributed by atoms with Crippen LogP contribution in [0.3, 0.4) is 0 Å². The van der Waals surface area contributed by atoms with Gasteiger partial charge in [0.15, 0.2) is 0 Å². The van der Waals surface area contributed by atoms with Crippen LogP contribution in [-0.4, -0.2) is 37.1 Å². The fourth-order valence-corrected chi connectivity index (χ4v) is 3.77. The molecular formula is C16H32N2. The molecule has 2 heterocycles. The average molecular weight is 252 g/mol. The van der Waals surface area contributed by atoms with E-state index in [1.807, 2.05) is 0 Å². The number of nitrogens with one attached hydrogen (secondary N) is 1. The Morgan fingerprint density at radius 2 is 2.17 bits per heavy atom. The minimum atomic E-state index is 0.839. The van der Waals surface area contributed by atoms with Crippen molar-refractivity contribution < 1.29 is 0 Å². The van der Waals surface area contributed by atoms with E-state index in [1.54, 1.807) is 0 Å².